The summed E-state index contributed by atoms with van der Waals surface area (Å²) in [5.74, 6) is 0.659. The number of hydrogen-bond acceptors (Lipinski definition) is 3. The average Bonchev–Trinajstić information content (AvgIpc) is 3.15. The lowest BCUT2D eigenvalue weighted by atomic mass is 10.2. The Kier molecular flexibility index (Phi) is 6.20. The van der Waals surface area contributed by atoms with Gasteiger partial charge in [-0.1, -0.05) is 0 Å². The van der Waals surface area contributed by atoms with Crippen molar-refractivity contribution >= 4 is 11.6 Å². The largest absolute Gasteiger partial charge is 0.368 e. The third kappa shape index (κ3) is 4.72. The van der Waals surface area contributed by atoms with Crippen LogP contribution in [0.5, 0.6) is 0 Å². The van der Waals surface area contributed by atoms with E-state index in [9.17, 15) is 13.2 Å². The molecule has 0 aliphatic carbocycles. The minimum absolute atomic E-state index is 0.0812. The van der Waals surface area contributed by atoms with Crippen LogP contribution in [0.4, 0.5) is 18.9 Å². The molecule has 2 heterocycles. The lowest BCUT2D eigenvalue weighted by molar-refractivity contribution is 0.0671. The van der Waals surface area contributed by atoms with Crippen LogP contribution in [0.1, 0.15) is 19.3 Å². The van der Waals surface area contributed by atoms with Gasteiger partial charge in [-0.2, -0.15) is 8.78 Å². The van der Waals surface area contributed by atoms with Crippen molar-refractivity contribution in [2.24, 2.45) is 4.99 Å². The minimum Gasteiger partial charge on any atom is -0.368 e. The molecule has 1 fully saturated rings. The number of anilines is 1. The summed E-state index contributed by atoms with van der Waals surface area (Å²) in [6, 6.07) is 6.46. The molecule has 27 heavy (non-hydrogen) atoms. The molecule has 3 rings (SSSR count). The second kappa shape index (κ2) is 8.79. The van der Waals surface area contributed by atoms with E-state index >= 15 is 0 Å². The molecule has 2 aromatic rings. The smallest absolute Gasteiger partial charge is 0.319 e. The highest BCUT2D eigenvalue weighted by Gasteiger charge is 2.20. The van der Waals surface area contributed by atoms with Gasteiger partial charge in [-0.05, 0) is 31.2 Å². The molecular weight excluding hydrogens is 357 g/mol. The van der Waals surface area contributed by atoms with Gasteiger partial charge in [0.25, 0.3) is 0 Å². The number of aliphatic imine (C=N–C) groups is 1. The minimum atomic E-state index is -2.63. The Labute approximate surface area is 156 Å². The first-order valence-electron chi connectivity index (χ1n) is 8.92. The number of nitrogens with zero attached hydrogens (tertiary/aromatic N) is 5. The lowest BCUT2D eigenvalue weighted by Crippen LogP contribution is -2.52. The molecule has 1 N–H and O–H groups in total. The van der Waals surface area contributed by atoms with Gasteiger partial charge < -0.3 is 15.1 Å². The molecule has 1 saturated heterocycles. The molecule has 0 spiro atoms. The number of aromatic nitrogens is 2. The fraction of sp³-hybridized carbons (Fsp3) is 0.444. The van der Waals surface area contributed by atoms with Crippen molar-refractivity contribution in [1.29, 1.82) is 0 Å². The first kappa shape index (κ1) is 19.1. The van der Waals surface area contributed by atoms with E-state index < -0.39 is 6.55 Å². The third-order valence-electron chi connectivity index (χ3n) is 4.44. The van der Waals surface area contributed by atoms with Crippen molar-refractivity contribution in [3.8, 4) is 0 Å². The summed E-state index contributed by atoms with van der Waals surface area (Å²) < 4.78 is 39.8. The Morgan fingerprint density at radius 1 is 1.19 bits per heavy atom. The van der Waals surface area contributed by atoms with Gasteiger partial charge in [-0.25, -0.2) is 14.4 Å². The number of nitrogens with one attached hydrogen (secondary N) is 1. The molecule has 1 aliphatic heterocycles. The van der Waals surface area contributed by atoms with E-state index in [2.05, 4.69) is 25.1 Å². The fourth-order valence-electron chi connectivity index (χ4n) is 3.04. The van der Waals surface area contributed by atoms with Gasteiger partial charge in [0.2, 0.25) is 0 Å². The van der Waals surface area contributed by atoms with Crippen molar-refractivity contribution in [3.05, 3.63) is 48.3 Å². The zero-order chi connectivity index (χ0) is 19.2. The highest BCUT2D eigenvalue weighted by molar-refractivity contribution is 5.80. The summed E-state index contributed by atoms with van der Waals surface area (Å²) >= 11 is 0. The van der Waals surface area contributed by atoms with Gasteiger partial charge in [-0.15, -0.1) is 0 Å². The van der Waals surface area contributed by atoms with E-state index in [-0.39, 0.29) is 18.2 Å². The second-order valence-corrected chi connectivity index (χ2v) is 6.15. The van der Waals surface area contributed by atoms with Crippen molar-refractivity contribution in [1.82, 2.24) is 19.8 Å². The van der Waals surface area contributed by atoms with E-state index in [0.29, 0.717) is 12.5 Å². The van der Waals surface area contributed by atoms with Gasteiger partial charge in [0.15, 0.2) is 5.96 Å². The van der Waals surface area contributed by atoms with Crippen molar-refractivity contribution in [3.63, 3.8) is 0 Å². The van der Waals surface area contributed by atoms with Crippen LogP contribution in [0.25, 0.3) is 0 Å². The number of guanidine groups is 1. The van der Waals surface area contributed by atoms with Crippen molar-refractivity contribution < 1.29 is 13.2 Å². The maximum Gasteiger partial charge on any atom is 0.319 e. The predicted octanol–water partition coefficient (Wildman–Crippen LogP) is 2.71. The molecule has 6 nitrogen and oxygen atoms in total. The highest BCUT2D eigenvalue weighted by Crippen LogP contribution is 2.17. The van der Waals surface area contributed by atoms with E-state index in [1.165, 1.54) is 24.5 Å². The number of halogens is 3. The monoisotopic (exact) mass is 380 g/mol. The molecule has 9 heteroatoms. The Morgan fingerprint density at radius 3 is 2.52 bits per heavy atom. The molecule has 146 valence electrons. The number of hydrogen-bond donors (Lipinski definition) is 1. The highest BCUT2D eigenvalue weighted by atomic mass is 19.3. The maximum absolute atomic E-state index is 13.1. The fourth-order valence-corrected chi connectivity index (χ4v) is 3.04. The first-order valence-corrected chi connectivity index (χ1v) is 8.92. The zero-order valence-corrected chi connectivity index (χ0v) is 15.2. The molecule has 1 aromatic heterocycles. The SMILES string of the molecule is CCNC(=NCc1nccn1C(F)F)N1CCN(c2ccc(F)cc2)CC1. The molecule has 0 atom stereocenters. The van der Waals surface area contributed by atoms with Crippen LogP contribution in [-0.2, 0) is 6.54 Å². The predicted molar refractivity (Wildman–Crippen MR) is 98.5 cm³/mol. The Morgan fingerprint density at radius 2 is 1.89 bits per heavy atom. The molecule has 0 radical (unpaired) electrons. The first-order chi connectivity index (χ1) is 13.1. The Balaban J connectivity index is 1.63. The lowest BCUT2D eigenvalue weighted by Gasteiger charge is -2.37. The number of rotatable bonds is 5. The molecule has 0 amide bonds. The van der Waals surface area contributed by atoms with Crippen LogP contribution in [0.15, 0.2) is 41.7 Å². The standard InChI is InChI=1S/C18H23F3N6/c1-2-22-18(24-13-16-23-7-8-27(16)17(20)21)26-11-9-25(10-12-26)15-5-3-14(19)4-6-15/h3-8,17H,2,9-13H2,1H3,(H,22,24). The Hall–Kier alpha value is -2.71. The van der Waals surface area contributed by atoms with Crippen molar-refractivity contribution in [2.45, 2.75) is 20.0 Å². The van der Waals surface area contributed by atoms with E-state index in [0.717, 1.165) is 36.4 Å². The average molecular weight is 380 g/mol. The van der Waals surface area contributed by atoms with E-state index in [1.54, 1.807) is 12.1 Å². The molecule has 1 aliphatic rings. The third-order valence-corrected chi connectivity index (χ3v) is 4.44. The quantitative estimate of drug-likeness (QED) is 0.640. The Bertz CT molecular complexity index is 751. The van der Waals surface area contributed by atoms with Crippen LogP contribution in [0.2, 0.25) is 0 Å². The summed E-state index contributed by atoms with van der Waals surface area (Å²) in [5, 5.41) is 3.21. The van der Waals surface area contributed by atoms with Crippen LogP contribution < -0.4 is 10.2 Å². The number of piperazine rings is 1. The topological polar surface area (TPSA) is 48.7 Å². The molecule has 0 bridgehead atoms. The second-order valence-electron chi connectivity index (χ2n) is 6.15. The van der Waals surface area contributed by atoms with Gasteiger partial charge in [0, 0.05) is 50.8 Å². The molecule has 0 saturated carbocycles. The summed E-state index contributed by atoms with van der Waals surface area (Å²) in [7, 11) is 0. The van der Waals surface area contributed by atoms with Crippen LogP contribution in [-0.4, -0.2) is 53.1 Å². The van der Waals surface area contributed by atoms with E-state index in [1.807, 2.05) is 6.92 Å². The summed E-state index contributed by atoms with van der Waals surface area (Å²) in [4.78, 5) is 12.7. The zero-order valence-electron chi connectivity index (χ0n) is 15.2. The van der Waals surface area contributed by atoms with Gasteiger partial charge >= 0.3 is 6.55 Å². The van der Waals surface area contributed by atoms with Gasteiger partial charge in [0.05, 0.1) is 0 Å². The van der Waals surface area contributed by atoms with Gasteiger partial charge in [0.1, 0.15) is 18.2 Å². The molecular formula is C18H23F3N6. The van der Waals surface area contributed by atoms with Crippen molar-refractivity contribution in [2.75, 3.05) is 37.6 Å². The number of alkyl halides is 2. The summed E-state index contributed by atoms with van der Waals surface area (Å²) in [6.45, 7) is 3.09. The summed E-state index contributed by atoms with van der Waals surface area (Å²) in [5.41, 5.74) is 0.983. The van der Waals surface area contributed by atoms with Crippen LogP contribution >= 0.6 is 0 Å². The molecule has 0 unspecified atom stereocenters. The number of benzene rings is 1. The van der Waals surface area contributed by atoms with Gasteiger partial charge in [-0.3, -0.25) is 4.57 Å². The van der Waals surface area contributed by atoms with Crippen LogP contribution in [0.3, 0.4) is 0 Å². The summed E-state index contributed by atoms with van der Waals surface area (Å²) in [6.07, 6.45) is 2.61. The maximum atomic E-state index is 13.1. The number of imidazole rings is 1. The molecule has 1 aromatic carbocycles. The van der Waals surface area contributed by atoms with Crippen LogP contribution in [0, 0.1) is 5.82 Å². The normalized spacial score (nSPS) is 15.5. The van der Waals surface area contributed by atoms with E-state index in [4.69, 9.17) is 0 Å².